The monoisotopic (exact) mass is 381 g/mol. The molecule has 3 aliphatic rings. The van der Waals surface area contributed by atoms with Gasteiger partial charge in [-0.1, -0.05) is 13.8 Å². The largest absolute Gasteiger partial charge is 0.321 e. The van der Waals surface area contributed by atoms with Gasteiger partial charge >= 0.3 is 12.1 Å². The highest BCUT2D eigenvalue weighted by Crippen LogP contribution is 2.17. The lowest BCUT2D eigenvalue weighted by Gasteiger charge is -2.08. The molecule has 4 unspecified atom stereocenters. The Balaban J connectivity index is 0.000000199. The molecule has 2 N–H and O–H groups in total. The van der Waals surface area contributed by atoms with E-state index in [9.17, 15) is 14.4 Å². The summed E-state index contributed by atoms with van der Waals surface area (Å²) in [6.45, 7) is 14.3. The lowest BCUT2D eigenvalue weighted by atomic mass is 10.1. The second kappa shape index (κ2) is 9.39. The van der Waals surface area contributed by atoms with Crippen LogP contribution in [0.4, 0.5) is 9.59 Å². The second-order valence-electron chi connectivity index (χ2n) is 8.37. The van der Waals surface area contributed by atoms with Crippen molar-refractivity contribution in [2.75, 3.05) is 32.8 Å². The van der Waals surface area contributed by atoms with Crippen LogP contribution in [0.1, 0.15) is 47.5 Å². The number of rotatable bonds is 7. The van der Waals surface area contributed by atoms with Crippen LogP contribution in [0.3, 0.4) is 0 Å². The fraction of sp³-hybridized carbons (Fsp3) is 0.842. The number of amides is 4. The van der Waals surface area contributed by atoms with Crippen molar-refractivity contribution in [1.82, 2.24) is 25.3 Å². The molecule has 0 aromatic heterocycles. The molecule has 0 radical (unpaired) electrons. The quantitative estimate of drug-likeness (QED) is 0.517. The van der Waals surface area contributed by atoms with Gasteiger partial charge in [0.05, 0.1) is 6.67 Å². The molecule has 0 spiro atoms. The summed E-state index contributed by atoms with van der Waals surface area (Å²) in [4.78, 5) is 39.6. The molecule has 3 fully saturated rings. The molecule has 4 atom stereocenters. The number of Topliss-reactive ketones (excluding diaryl/α,β-unsaturated/α-hetero) is 1. The molecule has 0 saturated carbocycles. The van der Waals surface area contributed by atoms with Crippen molar-refractivity contribution in [3.8, 4) is 0 Å². The predicted molar refractivity (Wildman–Crippen MR) is 104 cm³/mol. The summed E-state index contributed by atoms with van der Waals surface area (Å²) < 4.78 is 0. The fourth-order valence-corrected chi connectivity index (χ4v) is 2.87. The molecular formula is C19H35N5O3. The summed E-state index contributed by atoms with van der Waals surface area (Å²) in [7, 11) is 0. The number of ketones is 1. The van der Waals surface area contributed by atoms with Crippen LogP contribution in [0.5, 0.6) is 0 Å². The first-order chi connectivity index (χ1) is 12.7. The highest BCUT2D eigenvalue weighted by Gasteiger charge is 2.35. The average molecular weight is 382 g/mol. The van der Waals surface area contributed by atoms with Gasteiger partial charge in [-0.15, -0.1) is 0 Å². The van der Waals surface area contributed by atoms with Gasteiger partial charge in [-0.2, -0.15) is 0 Å². The SMILES string of the molecule is CC(C)CC(=O)CCN1CC1C.CC1CN1C(=O)NCNC(=O)N1CC1C. The number of hydrogen-bond donors (Lipinski definition) is 2. The third kappa shape index (κ3) is 7.74. The standard InChI is InChI=1S/C10H19NO.C9H16N4O2/c1-8(2)6-10(12)4-5-11-7-9(11)3;1-6-3-12(6)8(14)10-5-11-9(15)13-4-7(13)2/h8-9H,4-7H2,1-3H3;6-7H,3-5H2,1-2H3,(H,10,14)(H,11,15). The van der Waals surface area contributed by atoms with Crippen LogP contribution in [-0.4, -0.2) is 83.5 Å². The van der Waals surface area contributed by atoms with Gasteiger partial charge in [0.15, 0.2) is 0 Å². The minimum absolute atomic E-state index is 0.110. The molecule has 8 nitrogen and oxygen atoms in total. The summed E-state index contributed by atoms with van der Waals surface area (Å²) in [6.07, 6.45) is 1.50. The third-order valence-corrected chi connectivity index (χ3v) is 5.02. The van der Waals surface area contributed by atoms with Gasteiger partial charge < -0.3 is 20.4 Å². The molecule has 27 heavy (non-hydrogen) atoms. The molecule has 0 aliphatic carbocycles. The highest BCUT2D eigenvalue weighted by atomic mass is 16.2. The van der Waals surface area contributed by atoms with Gasteiger partial charge in [0.25, 0.3) is 0 Å². The first-order valence-corrected chi connectivity index (χ1v) is 10.0. The average Bonchev–Trinajstić information content (AvgIpc) is 3.49. The van der Waals surface area contributed by atoms with Crippen LogP contribution >= 0.6 is 0 Å². The van der Waals surface area contributed by atoms with Gasteiger partial charge in [0.2, 0.25) is 0 Å². The summed E-state index contributed by atoms with van der Waals surface area (Å²) in [6, 6.07) is 1.20. The Morgan fingerprint density at radius 2 is 1.33 bits per heavy atom. The predicted octanol–water partition coefficient (Wildman–Crippen LogP) is 1.47. The molecule has 8 heteroatoms. The minimum Gasteiger partial charge on any atom is -0.321 e. The fourth-order valence-electron chi connectivity index (χ4n) is 2.87. The number of hydrogen-bond acceptors (Lipinski definition) is 4. The van der Waals surface area contributed by atoms with Gasteiger partial charge in [0.1, 0.15) is 5.78 Å². The molecule has 0 aromatic carbocycles. The topological polar surface area (TPSA) is 84.3 Å². The zero-order chi connectivity index (χ0) is 20.1. The maximum absolute atomic E-state index is 11.3. The van der Waals surface area contributed by atoms with Crippen molar-refractivity contribution in [2.45, 2.75) is 65.6 Å². The maximum atomic E-state index is 11.3. The minimum atomic E-state index is -0.110. The molecule has 154 valence electrons. The van der Waals surface area contributed by atoms with E-state index in [1.54, 1.807) is 9.80 Å². The highest BCUT2D eigenvalue weighted by molar-refractivity contribution is 5.79. The van der Waals surface area contributed by atoms with E-state index in [0.29, 0.717) is 23.8 Å². The summed E-state index contributed by atoms with van der Waals surface area (Å²) in [5.41, 5.74) is 0. The van der Waals surface area contributed by atoms with E-state index in [2.05, 4.69) is 36.3 Å². The molecule has 3 heterocycles. The van der Waals surface area contributed by atoms with Crippen molar-refractivity contribution in [3.63, 3.8) is 0 Å². The maximum Gasteiger partial charge on any atom is 0.319 e. The van der Waals surface area contributed by atoms with E-state index in [1.807, 2.05) is 13.8 Å². The lowest BCUT2D eigenvalue weighted by Crippen LogP contribution is -2.41. The zero-order valence-corrected chi connectivity index (χ0v) is 17.3. The van der Waals surface area contributed by atoms with Crippen molar-refractivity contribution >= 4 is 17.8 Å². The molecular weight excluding hydrogens is 346 g/mol. The molecule has 0 aromatic rings. The van der Waals surface area contributed by atoms with Crippen molar-refractivity contribution in [1.29, 1.82) is 0 Å². The van der Waals surface area contributed by atoms with Gasteiger partial charge in [0, 0.05) is 57.1 Å². The molecule has 3 aliphatic heterocycles. The van der Waals surface area contributed by atoms with Crippen LogP contribution in [0.25, 0.3) is 0 Å². The van der Waals surface area contributed by atoms with E-state index in [0.717, 1.165) is 38.5 Å². The Morgan fingerprint density at radius 3 is 1.67 bits per heavy atom. The Labute approximate surface area is 162 Å². The van der Waals surface area contributed by atoms with Crippen LogP contribution in [0, 0.1) is 5.92 Å². The molecule has 3 rings (SSSR count). The summed E-state index contributed by atoms with van der Waals surface area (Å²) >= 11 is 0. The number of nitrogens with zero attached hydrogens (tertiary/aromatic N) is 3. The van der Waals surface area contributed by atoms with Gasteiger partial charge in [-0.3, -0.25) is 9.69 Å². The number of carbonyl (C=O) groups is 3. The van der Waals surface area contributed by atoms with Crippen LogP contribution in [0.2, 0.25) is 0 Å². The zero-order valence-electron chi connectivity index (χ0n) is 17.3. The first-order valence-electron chi connectivity index (χ1n) is 10.0. The molecule has 3 saturated heterocycles. The Bertz CT molecular complexity index is 525. The summed E-state index contributed by atoms with van der Waals surface area (Å²) in [5, 5.41) is 5.26. The molecule has 0 bridgehead atoms. The number of urea groups is 2. The van der Waals surface area contributed by atoms with Crippen LogP contribution < -0.4 is 10.6 Å². The van der Waals surface area contributed by atoms with E-state index in [4.69, 9.17) is 0 Å². The van der Waals surface area contributed by atoms with E-state index in [1.165, 1.54) is 6.54 Å². The lowest BCUT2D eigenvalue weighted by molar-refractivity contribution is -0.119. The van der Waals surface area contributed by atoms with Crippen LogP contribution in [-0.2, 0) is 4.79 Å². The summed E-state index contributed by atoms with van der Waals surface area (Å²) in [5.74, 6) is 0.938. The Kier molecular flexibility index (Phi) is 7.47. The number of carbonyl (C=O) groups excluding carboxylic acids is 3. The van der Waals surface area contributed by atoms with Crippen molar-refractivity contribution in [2.24, 2.45) is 5.92 Å². The van der Waals surface area contributed by atoms with Crippen molar-refractivity contribution < 1.29 is 14.4 Å². The molecule has 4 amide bonds. The first kappa shape index (κ1) is 21.5. The van der Waals surface area contributed by atoms with Crippen molar-refractivity contribution in [3.05, 3.63) is 0 Å². The van der Waals surface area contributed by atoms with Crippen LogP contribution in [0.15, 0.2) is 0 Å². The Hall–Kier alpha value is -1.83. The Morgan fingerprint density at radius 1 is 0.889 bits per heavy atom. The van der Waals surface area contributed by atoms with Gasteiger partial charge in [-0.25, -0.2) is 9.59 Å². The third-order valence-electron chi connectivity index (χ3n) is 5.02. The number of nitrogens with one attached hydrogen (secondary N) is 2. The van der Waals surface area contributed by atoms with E-state index < -0.39 is 0 Å². The van der Waals surface area contributed by atoms with E-state index in [-0.39, 0.29) is 18.7 Å². The second-order valence-corrected chi connectivity index (χ2v) is 8.37. The smallest absolute Gasteiger partial charge is 0.319 e. The van der Waals surface area contributed by atoms with Gasteiger partial charge in [-0.05, 0) is 26.7 Å². The normalized spacial score (nSPS) is 27.5. The van der Waals surface area contributed by atoms with E-state index >= 15 is 0 Å².